The highest BCUT2D eigenvalue weighted by molar-refractivity contribution is 5.93. The molecule has 0 saturated carbocycles. The summed E-state index contributed by atoms with van der Waals surface area (Å²) >= 11 is 0. The van der Waals surface area contributed by atoms with E-state index in [9.17, 15) is 9.59 Å². The number of rotatable bonds is 13. The van der Waals surface area contributed by atoms with Crippen molar-refractivity contribution in [3.05, 3.63) is 29.8 Å². The van der Waals surface area contributed by atoms with Crippen molar-refractivity contribution in [2.24, 2.45) is 23.7 Å². The third kappa shape index (κ3) is 16.8. The first-order chi connectivity index (χ1) is 15.0. The summed E-state index contributed by atoms with van der Waals surface area (Å²) < 4.78 is 10.5. The molecule has 32 heavy (non-hydrogen) atoms. The van der Waals surface area contributed by atoms with Crippen LogP contribution in [-0.4, -0.2) is 18.5 Å². The van der Waals surface area contributed by atoms with Crippen LogP contribution < -0.4 is 4.74 Å². The number of para-hydroxylation sites is 1. The van der Waals surface area contributed by atoms with Gasteiger partial charge in [-0.15, -0.1) is 0 Å². The van der Waals surface area contributed by atoms with Crippen molar-refractivity contribution in [3.63, 3.8) is 0 Å². The van der Waals surface area contributed by atoms with E-state index < -0.39 is 11.9 Å². The van der Waals surface area contributed by atoms with E-state index in [-0.39, 0.29) is 5.75 Å². The standard InChI is InChI=1S/C24H38O4.C4H10/c1-18(2)10-8-11-19(3)12-9-13-20(4)16-17-27-24(26)22-14-6-7-15-23(22)28-21(5)25;1-4(2)3/h6-7,14-15,18-20H,8-13,16-17H2,1-5H3;4H,1-3H3. The largest absolute Gasteiger partial charge is 0.462 e. The van der Waals surface area contributed by atoms with E-state index in [4.69, 9.17) is 9.47 Å². The van der Waals surface area contributed by atoms with Gasteiger partial charge in [0.1, 0.15) is 11.3 Å². The maximum absolute atomic E-state index is 12.3. The molecule has 0 amide bonds. The first-order valence-electron chi connectivity index (χ1n) is 12.5. The van der Waals surface area contributed by atoms with Gasteiger partial charge in [0.25, 0.3) is 0 Å². The molecule has 0 aliphatic rings. The molecule has 184 valence electrons. The molecule has 1 aromatic carbocycles. The van der Waals surface area contributed by atoms with Gasteiger partial charge in [0.15, 0.2) is 0 Å². The predicted octanol–water partition coefficient (Wildman–Crippen LogP) is 8.09. The number of carbonyl (C=O) groups is 2. The van der Waals surface area contributed by atoms with E-state index in [1.54, 1.807) is 24.3 Å². The quantitative estimate of drug-likeness (QED) is 0.226. The minimum Gasteiger partial charge on any atom is -0.462 e. The van der Waals surface area contributed by atoms with Gasteiger partial charge in [0.2, 0.25) is 0 Å². The second kappa shape index (κ2) is 17.7. The van der Waals surface area contributed by atoms with Crippen LogP contribution in [0.1, 0.15) is 111 Å². The van der Waals surface area contributed by atoms with Crippen LogP contribution in [0.4, 0.5) is 0 Å². The fourth-order valence-corrected chi connectivity index (χ4v) is 3.29. The molecule has 1 aromatic rings. The smallest absolute Gasteiger partial charge is 0.341 e. The molecule has 1 rings (SSSR count). The van der Waals surface area contributed by atoms with Crippen molar-refractivity contribution in [1.29, 1.82) is 0 Å². The Morgan fingerprint density at radius 1 is 0.781 bits per heavy atom. The first-order valence-corrected chi connectivity index (χ1v) is 12.5. The average molecular weight is 449 g/mol. The normalized spacial score (nSPS) is 12.7. The van der Waals surface area contributed by atoms with Gasteiger partial charge in [0.05, 0.1) is 6.61 Å². The molecule has 0 fully saturated rings. The van der Waals surface area contributed by atoms with E-state index in [1.807, 2.05) is 0 Å². The first kappa shape index (κ1) is 30.2. The van der Waals surface area contributed by atoms with Gasteiger partial charge in [0, 0.05) is 6.92 Å². The third-order valence-corrected chi connectivity index (χ3v) is 5.08. The fourth-order valence-electron chi connectivity index (χ4n) is 3.29. The van der Waals surface area contributed by atoms with Gasteiger partial charge in [-0.25, -0.2) is 4.79 Å². The van der Waals surface area contributed by atoms with Crippen molar-refractivity contribution in [1.82, 2.24) is 0 Å². The molecule has 0 saturated heterocycles. The second-order valence-corrected chi connectivity index (χ2v) is 10.2. The lowest BCUT2D eigenvalue weighted by atomic mass is 9.93. The Morgan fingerprint density at radius 2 is 1.28 bits per heavy atom. The molecule has 0 N–H and O–H groups in total. The Labute approximate surface area is 197 Å². The van der Waals surface area contributed by atoms with Crippen LogP contribution in [-0.2, 0) is 9.53 Å². The van der Waals surface area contributed by atoms with Gasteiger partial charge in [-0.2, -0.15) is 0 Å². The number of ether oxygens (including phenoxy) is 2. The lowest BCUT2D eigenvalue weighted by Crippen LogP contribution is -2.12. The van der Waals surface area contributed by atoms with Crippen molar-refractivity contribution < 1.29 is 19.1 Å². The Balaban J connectivity index is 0.00000220. The number of hydrogen-bond donors (Lipinski definition) is 0. The molecular formula is C28H48O4. The van der Waals surface area contributed by atoms with Gasteiger partial charge in [-0.05, 0) is 42.2 Å². The van der Waals surface area contributed by atoms with Crippen LogP contribution in [0.5, 0.6) is 5.75 Å². The van der Waals surface area contributed by atoms with Gasteiger partial charge in [-0.1, -0.05) is 99.1 Å². The summed E-state index contributed by atoms with van der Waals surface area (Å²) in [6, 6.07) is 6.67. The number of carbonyl (C=O) groups excluding carboxylic acids is 2. The molecule has 0 heterocycles. The summed E-state index contributed by atoms with van der Waals surface area (Å²) in [5.74, 6) is 2.31. The molecule has 0 aliphatic heterocycles. The third-order valence-electron chi connectivity index (χ3n) is 5.08. The van der Waals surface area contributed by atoms with E-state index in [1.165, 1.54) is 39.0 Å². The number of benzene rings is 1. The van der Waals surface area contributed by atoms with Gasteiger partial charge >= 0.3 is 11.9 Å². The van der Waals surface area contributed by atoms with Crippen molar-refractivity contribution in [3.8, 4) is 5.75 Å². The maximum atomic E-state index is 12.3. The Morgan fingerprint density at radius 3 is 1.81 bits per heavy atom. The summed E-state index contributed by atoms with van der Waals surface area (Å²) in [4.78, 5) is 23.4. The summed E-state index contributed by atoms with van der Waals surface area (Å²) in [5, 5.41) is 0. The van der Waals surface area contributed by atoms with Crippen LogP contribution in [0.15, 0.2) is 24.3 Å². The molecule has 4 heteroatoms. The monoisotopic (exact) mass is 448 g/mol. The summed E-state index contributed by atoms with van der Waals surface area (Å²) in [5.41, 5.74) is 0.292. The highest BCUT2D eigenvalue weighted by atomic mass is 16.5. The Kier molecular flexibility index (Phi) is 16.7. The number of hydrogen-bond acceptors (Lipinski definition) is 4. The van der Waals surface area contributed by atoms with Gasteiger partial charge < -0.3 is 9.47 Å². The van der Waals surface area contributed by atoms with Crippen LogP contribution in [0, 0.1) is 23.7 Å². The lowest BCUT2D eigenvalue weighted by Gasteiger charge is -2.15. The zero-order valence-corrected chi connectivity index (χ0v) is 21.9. The van der Waals surface area contributed by atoms with Crippen LogP contribution >= 0.6 is 0 Å². The molecule has 0 radical (unpaired) electrons. The average Bonchev–Trinajstić information content (AvgIpc) is 2.67. The minimum absolute atomic E-state index is 0.250. The molecule has 0 aromatic heterocycles. The second-order valence-electron chi connectivity index (χ2n) is 10.2. The number of esters is 2. The van der Waals surface area contributed by atoms with Crippen molar-refractivity contribution in [2.45, 2.75) is 100 Å². The van der Waals surface area contributed by atoms with Crippen LogP contribution in [0.3, 0.4) is 0 Å². The highest BCUT2D eigenvalue weighted by Gasteiger charge is 2.15. The lowest BCUT2D eigenvalue weighted by molar-refractivity contribution is -0.131. The molecule has 4 nitrogen and oxygen atoms in total. The molecule has 2 unspecified atom stereocenters. The molecular weight excluding hydrogens is 400 g/mol. The van der Waals surface area contributed by atoms with Gasteiger partial charge in [-0.3, -0.25) is 4.79 Å². The predicted molar refractivity (Wildman–Crippen MR) is 134 cm³/mol. The Hall–Kier alpha value is -1.84. The topological polar surface area (TPSA) is 52.6 Å². The van der Waals surface area contributed by atoms with Crippen LogP contribution in [0.2, 0.25) is 0 Å². The summed E-state index contributed by atoms with van der Waals surface area (Å²) in [6.45, 7) is 17.3. The van der Waals surface area contributed by atoms with Crippen molar-refractivity contribution >= 4 is 11.9 Å². The zero-order chi connectivity index (χ0) is 24.5. The highest BCUT2D eigenvalue weighted by Crippen LogP contribution is 2.22. The Bertz CT molecular complexity index is 633. The summed E-state index contributed by atoms with van der Waals surface area (Å²) in [7, 11) is 0. The zero-order valence-electron chi connectivity index (χ0n) is 21.9. The van der Waals surface area contributed by atoms with E-state index in [0.717, 1.165) is 30.6 Å². The fraction of sp³-hybridized carbons (Fsp3) is 0.714. The molecule has 0 bridgehead atoms. The van der Waals surface area contributed by atoms with E-state index >= 15 is 0 Å². The minimum atomic E-state index is -0.452. The van der Waals surface area contributed by atoms with Crippen LogP contribution in [0.25, 0.3) is 0 Å². The van der Waals surface area contributed by atoms with E-state index in [0.29, 0.717) is 18.1 Å². The van der Waals surface area contributed by atoms with Crippen molar-refractivity contribution in [2.75, 3.05) is 6.61 Å². The summed E-state index contributed by atoms with van der Waals surface area (Å²) in [6.07, 6.45) is 8.50. The van der Waals surface area contributed by atoms with E-state index in [2.05, 4.69) is 48.5 Å². The SMILES string of the molecule is CC(=O)Oc1ccccc1C(=O)OCCC(C)CCCC(C)CCCC(C)C.CC(C)C. The molecule has 0 spiro atoms. The molecule has 0 aliphatic carbocycles. The maximum Gasteiger partial charge on any atom is 0.341 e. The molecule has 2 atom stereocenters.